The second-order valence-corrected chi connectivity index (χ2v) is 11.0. The summed E-state index contributed by atoms with van der Waals surface area (Å²) in [6, 6.07) is 31.4. The lowest BCUT2D eigenvalue weighted by Gasteiger charge is -2.12. The van der Waals surface area contributed by atoms with E-state index in [0.29, 0.717) is 16.4 Å². The molecule has 0 aromatic heterocycles. The minimum atomic E-state index is -4.03. The topological polar surface area (TPSA) is 66.6 Å². The SMILES string of the molecule is Cc1ccc(S(=O)(=O)/N=C(/Cc2ccccc2)N2[C@H](C(=O)c3ccccc3)[C@H]2c2ccccc2Cl)cc1. The number of hydrogen-bond acceptors (Lipinski definition) is 3. The molecule has 186 valence electrons. The van der Waals surface area contributed by atoms with E-state index in [1.165, 1.54) is 0 Å². The molecule has 2 atom stereocenters. The minimum Gasteiger partial charge on any atom is -0.336 e. The number of benzene rings is 4. The Hall–Kier alpha value is -3.74. The van der Waals surface area contributed by atoms with Crippen molar-refractivity contribution in [3.05, 3.63) is 136 Å². The van der Waals surface area contributed by atoms with Gasteiger partial charge >= 0.3 is 0 Å². The molecule has 1 aliphatic heterocycles. The van der Waals surface area contributed by atoms with Crippen molar-refractivity contribution in [2.45, 2.75) is 30.3 Å². The van der Waals surface area contributed by atoms with Crippen LogP contribution in [0.5, 0.6) is 0 Å². The third-order valence-electron chi connectivity index (χ3n) is 6.41. The molecule has 7 heteroatoms. The van der Waals surface area contributed by atoms with Crippen molar-refractivity contribution >= 4 is 33.2 Å². The molecule has 0 radical (unpaired) electrons. The summed E-state index contributed by atoms with van der Waals surface area (Å²) >= 11 is 6.55. The van der Waals surface area contributed by atoms with Gasteiger partial charge in [-0.1, -0.05) is 108 Å². The van der Waals surface area contributed by atoms with Gasteiger partial charge in [0.25, 0.3) is 10.0 Å². The van der Waals surface area contributed by atoms with Crippen molar-refractivity contribution in [2.24, 2.45) is 4.40 Å². The number of ketones is 1. The average Bonchev–Trinajstić information content (AvgIpc) is 3.65. The number of carbonyl (C=O) groups excluding carboxylic acids is 1. The zero-order valence-corrected chi connectivity index (χ0v) is 21.7. The molecule has 4 aromatic carbocycles. The Kier molecular flexibility index (Phi) is 6.96. The van der Waals surface area contributed by atoms with Gasteiger partial charge in [-0.25, -0.2) is 0 Å². The van der Waals surface area contributed by atoms with Crippen molar-refractivity contribution in [1.29, 1.82) is 0 Å². The van der Waals surface area contributed by atoms with Gasteiger partial charge in [0.05, 0.1) is 10.9 Å². The molecule has 0 amide bonds. The first-order valence-electron chi connectivity index (χ1n) is 11.9. The largest absolute Gasteiger partial charge is 0.336 e. The number of halogens is 1. The molecule has 1 saturated heterocycles. The van der Waals surface area contributed by atoms with Crippen molar-refractivity contribution < 1.29 is 13.2 Å². The highest BCUT2D eigenvalue weighted by atomic mass is 35.5. The molecule has 4 aromatic rings. The van der Waals surface area contributed by atoms with Crippen LogP contribution in [0.3, 0.4) is 0 Å². The lowest BCUT2D eigenvalue weighted by atomic mass is 10.0. The van der Waals surface area contributed by atoms with Gasteiger partial charge in [-0.15, -0.1) is 4.40 Å². The number of sulfonamides is 1. The second kappa shape index (κ2) is 10.3. The molecule has 5 nitrogen and oxygen atoms in total. The van der Waals surface area contributed by atoms with E-state index >= 15 is 0 Å². The van der Waals surface area contributed by atoms with Crippen molar-refractivity contribution in [3.63, 3.8) is 0 Å². The van der Waals surface area contributed by atoms with Crippen LogP contribution >= 0.6 is 11.6 Å². The van der Waals surface area contributed by atoms with E-state index in [1.54, 1.807) is 47.4 Å². The Bertz CT molecular complexity index is 1550. The molecular weight excluding hydrogens is 504 g/mol. The fourth-order valence-corrected chi connectivity index (χ4v) is 5.75. The number of nitrogens with zero attached hydrogens (tertiary/aromatic N) is 2. The lowest BCUT2D eigenvalue weighted by Crippen LogP contribution is -2.22. The Balaban J connectivity index is 1.62. The standard InChI is InChI=1S/C30H25ClN2O3S/c1-21-16-18-24(19-17-21)37(35,36)32-27(20-22-10-4-2-5-11-22)33-28(25-14-8-9-15-26(25)31)29(33)30(34)23-12-6-3-7-13-23/h2-19,28-29H,20H2,1H3/b32-27-/t28-,29+,33?/m1/s1. The van der Waals surface area contributed by atoms with Gasteiger partial charge in [-0.2, -0.15) is 8.42 Å². The van der Waals surface area contributed by atoms with E-state index < -0.39 is 22.1 Å². The van der Waals surface area contributed by atoms with Gasteiger partial charge in [-0.05, 0) is 36.2 Å². The first-order valence-corrected chi connectivity index (χ1v) is 13.7. The van der Waals surface area contributed by atoms with Crippen LogP contribution in [0.15, 0.2) is 118 Å². The summed E-state index contributed by atoms with van der Waals surface area (Å²) in [6.45, 7) is 1.89. The van der Waals surface area contributed by atoms with Crippen LogP contribution in [0.1, 0.15) is 33.1 Å². The third-order valence-corrected chi connectivity index (χ3v) is 8.07. The van der Waals surface area contributed by atoms with Crippen molar-refractivity contribution in [3.8, 4) is 0 Å². The predicted octanol–water partition coefficient (Wildman–Crippen LogP) is 6.29. The summed E-state index contributed by atoms with van der Waals surface area (Å²) in [5, 5.41) is 0.515. The Morgan fingerprint density at radius 2 is 1.43 bits per heavy atom. The van der Waals surface area contributed by atoms with Crippen LogP contribution < -0.4 is 0 Å². The van der Waals surface area contributed by atoms with Gasteiger partial charge in [0.1, 0.15) is 11.9 Å². The molecule has 37 heavy (non-hydrogen) atoms. The fourth-order valence-electron chi connectivity index (χ4n) is 4.48. The normalized spacial score (nSPS) is 17.5. The maximum absolute atomic E-state index is 13.7. The highest BCUT2D eigenvalue weighted by molar-refractivity contribution is 7.90. The number of amidine groups is 1. The summed E-state index contributed by atoms with van der Waals surface area (Å²) in [5.74, 6) is 0.185. The van der Waals surface area contributed by atoms with Gasteiger partial charge in [-0.3, -0.25) is 4.79 Å². The number of carbonyl (C=O) groups is 1. The van der Waals surface area contributed by atoms with Crippen LogP contribution in [-0.4, -0.2) is 31.0 Å². The fraction of sp³-hybridized carbons (Fsp3) is 0.133. The maximum atomic E-state index is 13.7. The number of hydrogen-bond donors (Lipinski definition) is 0. The van der Waals surface area contributed by atoms with E-state index in [4.69, 9.17) is 11.6 Å². The maximum Gasteiger partial charge on any atom is 0.283 e. The highest BCUT2D eigenvalue weighted by Crippen LogP contribution is 2.48. The first kappa shape index (κ1) is 24.9. The molecule has 1 aliphatic rings. The molecule has 0 bridgehead atoms. The van der Waals surface area contributed by atoms with E-state index in [-0.39, 0.29) is 17.1 Å². The second-order valence-electron chi connectivity index (χ2n) is 9.01. The summed E-state index contributed by atoms with van der Waals surface area (Å²) in [5.41, 5.74) is 3.14. The smallest absolute Gasteiger partial charge is 0.283 e. The van der Waals surface area contributed by atoms with E-state index in [9.17, 15) is 13.2 Å². The molecule has 0 aliphatic carbocycles. The van der Waals surface area contributed by atoms with Crippen LogP contribution in [-0.2, 0) is 16.4 Å². The molecule has 0 unspecified atom stereocenters. The van der Waals surface area contributed by atoms with Gasteiger partial charge < -0.3 is 4.90 Å². The summed E-state index contributed by atoms with van der Waals surface area (Å²) in [4.78, 5) is 15.5. The minimum absolute atomic E-state index is 0.103. The summed E-state index contributed by atoms with van der Waals surface area (Å²) in [6.07, 6.45) is 0.242. The molecule has 0 spiro atoms. The molecule has 1 heterocycles. The zero-order chi connectivity index (χ0) is 26.0. The van der Waals surface area contributed by atoms with Crippen LogP contribution in [0.2, 0.25) is 5.02 Å². The molecule has 0 saturated carbocycles. The van der Waals surface area contributed by atoms with Gasteiger partial charge in [0.2, 0.25) is 0 Å². The molecular formula is C30H25ClN2O3S. The number of Topliss-reactive ketones (excluding diaryl/α,β-unsaturated/α-hetero) is 1. The summed E-state index contributed by atoms with van der Waals surface area (Å²) < 4.78 is 31.1. The van der Waals surface area contributed by atoms with E-state index in [1.807, 2.05) is 73.7 Å². The summed E-state index contributed by atoms with van der Waals surface area (Å²) in [7, 11) is -4.03. The van der Waals surface area contributed by atoms with Crippen LogP contribution in [0.4, 0.5) is 0 Å². The van der Waals surface area contributed by atoms with E-state index in [2.05, 4.69) is 4.40 Å². The van der Waals surface area contributed by atoms with Gasteiger partial charge in [0, 0.05) is 17.0 Å². The zero-order valence-electron chi connectivity index (χ0n) is 20.2. The van der Waals surface area contributed by atoms with Crippen LogP contribution in [0, 0.1) is 6.92 Å². The molecule has 5 rings (SSSR count). The monoisotopic (exact) mass is 528 g/mol. The highest BCUT2D eigenvalue weighted by Gasteiger charge is 2.55. The molecule has 1 fully saturated rings. The van der Waals surface area contributed by atoms with Crippen LogP contribution in [0.25, 0.3) is 0 Å². The Morgan fingerprint density at radius 1 is 0.838 bits per heavy atom. The Morgan fingerprint density at radius 3 is 2.08 bits per heavy atom. The quantitative estimate of drug-likeness (QED) is 0.122. The first-order chi connectivity index (χ1) is 17.8. The average molecular weight is 529 g/mol. The predicted molar refractivity (Wildman–Crippen MR) is 147 cm³/mol. The van der Waals surface area contributed by atoms with Crippen molar-refractivity contribution in [2.75, 3.05) is 0 Å². The number of aryl methyl sites for hydroxylation is 1. The van der Waals surface area contributed by atoms with E-state index in [0.717, 1.165) is 16.7 Å². The van der Waals surface area contributed by atoms with Gasteiger partial charge in [0.15, 0.2) is 5.78 Å². The Labute approximate surface area is 222 Å². The lowest BCUT2D eigenvalue weighted by molar-refractivity contribution is 0.0980. The molecule has 0 N–H and O–H groups in total. The number of rotatable bonds is 7. The van der Waals surface area contributed by atoms with Crippen molar-refractivity contribution in [1.82, 2.24) is 4.90 Å². The third kappa shape index (κ3) is 5.36.